The number of carbonyl (C=O) groups excluding carboxylic acids is 1. The van der Waals surface area contributed by atoms with Crippen LogP contribution in [0.5, 0.6) is 5.75 Å². The first kappa shape index (κ1) is 27.8. The second kappa shape index (κ2) is 13.5. The molecule has 4 rings (SSSR count). The molecule has 1 aliphatic heterocycles. The van der Waals surface area contributed by atoms with Gasteiger partial charge >= 0.3 is 0 Å². The number of rotatable bonds is 13. The van der Waals surface area contributed by atoms with Crippen molar-refractivity contribution < 1.29 is 9.53 Å². The van der Waals surface area contributed by atoms with Crippen molar-refractivity contribution >= 4 is 29.3 Å². The Balaban J connectivity index is 1.61. The molecule has 2 heterocycles. The largest absolute Gasteiger partial charge is 0.494 e. The SMILES string of the molecule is CCCCCCOc1ccc(C2C(C(=O)Nc3cccc(C)c3)=C(C)Nc3nc(SCCCC)nn32)cc1. The third kappa shape index (κ3) is 6.98. The van der Waals surface area contributed by atoms with E-state index in [0.717, 1.165) is 53.3 Å². The van der Waals surface area contributed by atoms with Crippen molar-refractivity contribution in [1.29, 1.82) is 0 Å². The Hall–Kier alpha value is -3.26. The van der Waals surface area contributed by atoms with E-state index in [9.17, 15) is 4.79 Å². The molecule has 0 fully saturated rings. The highest BCUT2D eigenvalue weighted by Crippen LogP contribution is 2.37. The van der Waals surface area contributed by atoms with Gasteiger partial charge in [-0.05, 0) is 62.1 Å². The summed E-state index contributed by atoms with van der Waals surface area (Å²) in [6.45, 7) is 9.03. The summed E-state index contributed by atoms with van der Waals surface area (Å²) in [4.78, 5) is 18.4. The topological polar surface area (TPSA) is 81.1 Å². The Morgan fingerprint density at radius 2 is 1.84 bits per heavy atom. The van der Waals surface area contributed by atoms with Crippen LogP contribution in [0.25, 0.3) is 0 Å². The molecule has 2 N–H and O–H groups in total. The van der Waals surface area contributed by atoms with Crippen molar-refractivity contribution in [2.24, 2.45) is 0 Å². The van der Waals surface area contributed by atoms with Gasteiger partial charge in [0.15, 0.2) is 0 Å². The van der Waals surface area contributed by atoms with E-state index in [1.807, 2.05) is 67.1 Å². The average molecular weight is 534 g/mol. The number of aryl methyl sites for hydroxylation is 1. The molecule has 202 valence electrons. The molecule has 1 atom stereocenters. The van der Waals surface area contributed by atoms with Crippen LogP contribution in [-0.4, -0.2) is 33.0 Å². The van der Waals surface area contributed by atoms with Crippen LogP contribution >= 0.6 is 11.8 Å². The molecule has 2 aromatic carbocycles. The van der Waals surface area contributed by atoms with Crippen molar-refractivity contribution in [2.45, 2.75) is 77.4 Å². The fourth-order valence-corrected chi connectivity index (χ4v) is 5.40. The number of ether oxygens (including phenoxy) is 1. The van der Waals surface area contributed by atoms with Crippen LogP contribution in [0.15, 0.2) is 65.0 Å². The van der Waals surface area contributed by atoms with Gasteiger partial charge in [-0.1, -0.05) is 75.6 Å². The molecular formula is C30H39N5O2S. The Morgan fingerprint density at radius 1 is 1.05 bits per heavy atom. The van der Waals surface area contributed by atoms with Gasteiger partial charge in [0, 0.05) is 17.1 Å². The predicted molar refractivity (Wildman–Crippen MR) is 156 cm³/mol. The molecule has 0 aliphatic carbocycles. The van der Waals surface area contributed by atoms with Gasteiger partial charge in [-0.2, -0.15) is 4.98 Å². The Labute approximate surface area is 230 Å². The maximum Gasteiger partial charge on any atom is 0.255 e. The van der Waals surface area contributed by atoms with Crippen LogP contribution in [0, 0.1) is 6.92 Å². The Morgan fingerprint density at radius 3 is 2.58 bits per heavy atom. The number of allylic oxidation sites excluding steroid dienone is 1. The highest BCUT2D eigenvalue weighted by molar-refractivity contribution is 7.99. The lowest BCUT2D eigenvalue weighted by molar-refractivity contribution is -0.113. The van der Waals surface area contributed by atoms with E-state index in [0.29, 0.717) is 23.3 Å². The number of amides is 1. The molecule has 0 radical (unpaired) electrons. The summed E-state index contributed by atoms with van der Waals surface area (Å²) in [5.41, 5.74) is 4.18. The summed E-state index contributed by atoms with van der Waals surface area (Å²) in [6.07, 6.45) is 6.90. The van der Waals surface area contributed by atoms with Gasteiger partial charge in [0.2, 0.25) is 11.1 Å². The van der Waals surface area contributed by atoms with E-state index in [-0.39, 0.29) is 5.91 Å². The summed E-state index contributed by atoms with van der Waals surface area (Å²) in [5, 5.41) is 12.0. The highest BCUT2D eigenvalue weighted by Gasteiger charge is 2.34. The van der Waals surface area contributed by atoms with Crippen molar-refractivity contribution in [2.75, 3.05) is 23.0 Å². The summed E-state index contributed by atoms with van der Waals surface area (Å²) in [5.74, 6) is 2.28. The van der Waals surface area contributed by atoms with Crippen LogP contribution < -0.4 is 15.4 Å². The lowest BCUT2D eigenvalue weighted by Crippen LogP contribution is -2.31. The van der Waals surface area contributed by atoms with Gasteiger partial charge in [0.05, 0.1) is 12.2 Å². The van der Waals surface area contributed by atoms with E-state index in [4.69, 9.17) is 14.8 Å². The van der Waals surface area contributed by atoms with Crippen LogP contribution in [0.1, 0.15) is 76.5 Å². The predicted octanol–water partition coefficient (Wildman–Crippen LogP) is 7.37. The maximum absolute atomic E-state index is 13.7. The first-order valence-corrected chi connectivity index (χ1v) is 14.7. The van der Waals surface area contributed by atoms with E-state index in [2.05, 4.69) is 24.5 Å². The van der Waals surface area contributed by atoms with Crippen molar-refractivity contribution in [1.82, 2.24) is 14.8 Å². The molecular weight excluding hydrogens is 494 g/mol. The first-order valence-electron chi connectivity index (χ1n) is 13.7. The molecule has 1 unspecified atom stereocenters. The molecule has 8 heteroatoms. The molecule has 0 bridgehead atoms. The Bertz CT molecular complexity index is 1250. The second-order valence-corrected chi connectivity index (χ2v) is 10.8. The van der Waals surface area contributed by atoms with Gasteiger partial charge in [0.25, 0.3) is 5.91 Å². The van der Waals surface area contributed by atoms with E-state index in [1.165, 1.54) is 19.3 Å². The number of nitrogens with zero attached hydrogens (tertiary/aromatic N) is 3. The van der Waals surface area contributed by atoms with Crippen molar-refractivity contribution in [3.8, 4) is 5.75 Å². The van der Waals surface area contributed by atoms with Gasteiger partial charge in [-0.15, -0.1) is 5.10 Å². The number of anilines is 2. The van der Waals surface area contributed by atoms with Gasteiger partial charge in [0.1, 0.15) is 11.8 Å². The van der Waals surface area contributed by atoms with Crippen LogP contribution in [0.2, 0.25) is 0 Å². The lowest BCUT2D eigenvalue weighted by Gasteiger charge is -2.28. The zero-order valence-electron chi connectivity index (χ0n) is 22.9. The third-order valence-electron chi connectivity index (χ3n) is 6.55. The van der Waals surface area contributed by atoms with Crippen molar-refractivity contribution in [3.05, 3.63) is 70.9 Å². The van der Waals surface area contributed by atoms with Crippen LogP contribution in [-0.2, 0) is 4.79 Å². The van der Waals surface area contributed by atoms with Gasteiger partial charge in [-0.25, -0.2) is 4.68 Å². The zero-order valence-corrected chi connectivity index (χ0v) is 23.7. The minimum Gasteiger partial charge on any atom is -0.494 e. The Kier molecular flexibility index (Phi) is 9.87. The number of aromatic nitrogens is 3. The minimum atomic E-state index is -0.414. The molecule has 1 amide bonds. The number of thioether (sulfide) groups is 1. The summed E-state index contributed by atoms with van der Waals surface area (Å²) in [6, 6.07) is 15.4. The number of unbranched alkanes of at least 4 members (excludes halogenated alkanes) is 4. The number of hydrogen-bond acceptors (Lipinski definition) is 6. The van der Waals surface area contributed by atoms with Gasteiger partial charge in [-0.3, -0.25) is 4.79 Å². The lowest BCUT2D eigenvalue weighted by atomic mass is 9.95. The maximum atomic E-state index is 13.7. The number of benzene rings is 2. The normalized spacial score (nSPS) is 14.7. The zero-order chi connectivity index (χ0) is 26.9. The number of fused-ring (bicyclic) bond motifs is 1. The van der Waals surface area contributed by atoms with E-state index < -0.39 is 6.04 Å². The van der Waals surface area contributed by atoms with Crippen molar-refractivity contribution in [3.63, 3.8) is 0 Å². The number of hydrogen-bond donors (Lipinski definition) is 2. The summed E-state index contributed by atoms with van der Waals surface area (Å²) >= 11 is 1.65. The number of nitrogens with one attached hydrogen (secondary N) is 2. The van der Waals surface area contributed by atoms with Crippen LogP contribution in [0.3, 0.4) is 0 Å². The molecule has 0 saturated carbocycles. The standard InChI is InChI=1S/C30H39N5O2S/c1-5-7-9-10-18-37-25-16-14-23(15-17-25)27-26(28(36)32-24-13-11-12-21(3)20-24)22(4)31-29-33-30(34-35(27)29)38-19-8-6-2/h11-17,20,27H,5-10,18-19H2,1-4H3,(H,32,36)(H,31,33,34). The summed E-state index contributed by atoms with van der Waals surface area (Å²) < 4.78 is 7.81. The number of carbonyl (C=O) groups is 1. The fourth-order valence-electron chi connectivity index (χ4n) is 4.49. The van der Waals surface area contributed by atoms with E-state index >= 15 is 0 Å². The molecule has 0 saturated heterocycles. The first-order chi connectivity index (χ1) is 18.5. The molecule has 7 nitrogen and oxygen atoms in total. The van der Waals surface area contributed by atoms with Crippen LogP contribution in [0.4, 0.5) is 11.6 Å². The smallest absolute Gasteiger partial charge is 0.255 e. The van der Waals surface area contributed by atoms with Gasteiger partial charge < -0.3 is 15.4 Å². The quantitative estimate of drug-likeness (QED) is 0.176. The highest BCUT2D eigenvalue weighted by atomic mass is 32.2. The summed E-state index contributed by atoms with van der Waals surface area (Å²) in [7, 11) is 0. The molecule has 38 heavy (non-hydrogen) atoms. The fraction of sp³-hybridized carbons (Fsp3) is 0.433. The molecule has 3 aromatic rings. The second-order valence-electron chi connectivity index (χ2n) is 9.73. The third-order valence-corrected chi connectivity index (χ3v) is 7.47. The molecule has 0 spiro atoms. The monoisotopic (exact) mass is 533 g/mol. The van der Waals surface area contributed by atoms with E-state index in [1.54, 1.807) is 11.8 Å². The molecule has 1 aromatic heterocycles. The minimum absolute atomic E-state index is 0.164. The molecule has 1 aliphatic rings. The average Bonchev–Trinajstić information content (AvgIpc) is 3.30.